The number of nitrogens with two attached hydrogens (primary N) is 1. The van der Waals surface area contributed by atoms with Gasteiger partial charge >= 0.3 is 5.97 Å². The molecule has 0 saturated carbocycles. The van der Waals surface area contributed by atoms with E-state index in [0.29, 0.717) is 13.0 Å². The fraction of sp³-hybridized carbons (Fsp3) is 0.846. The van der Waals surface area contributed by atoms with Gasteiger partial charge in [-0.2, -0.15) is 0 Å². The molecule has 5 nitrogen and oxygen atoms in total. The monoisotopic (exact) mass is 256 g/mol. The summed E-state index contributed by atoms with van der Waals surface area (Å²) in [4.78, 5) is 24.6. The van der Waals surface area contributed by atoms with Gasteiger partial charge in [-0.25, -0.2) is 0 Å². The van der Waals surface area contributed by atoms with Crippen LogP contribution < -0.4 is 5.73 Å². The molecule has 18 heavy (non-hydrogen) atoms. The quantitative estimate of drug-likeness (QED) is 0.792. The van der Waals surface area contributed by atoms with Gasteiger partial charge in [-0.15, -0.1) is 0 Å². The van der Waals surface area contributed by atoms with Crippen LogP contribution in [0.15, 0.2) is 0 Å². The molecule has 1 saturated heterocycles. The van der Waals surface area contributed by atoms with Gasteiger partial charge in [0.1, 0.15) is 0 Å². The first-order valence-electron chi connectivity index (χ1n) is 6.48. The lowest BCUT2D eigenvalue weighted by Crippen LogP contribution is -2.43. The first-order valence-corrected chi connectivity index (χ1v) is 6.48. The van der Waals surface area contributed by atoms with Crippen molar-refractivity contribution in [1.29, 1.82) is 0 Å². The highest BCUT2D eigenvalue weighted by molar-refractivity contribution is 5.78. The molecule has 1 amide bonds. The number of nitrogens with zero attached hydrogens (tertiary/aromatic N) is 1. The van der Waals surface area contributed by atoms with Crippen LogP contribution in [-0.2, 0) is 9.59 Å². The van der Waals surface area contributed by atoms with Gasteiger partial charge in [0.25, 0.3) is 0 Å². The molecule has 0 bridgehead atoms. The number of carbonyl (C=O) groups excluding carboxylic acids is 1. The Kier molecular flexibility index (Phi) is 4.73. The third kappa shape index (κ3) is 3.98. The van der Waals surface area contributed by atoms with Gasteiger partial charge < -0.3 is 15.7 Å². The van der Waals surface area contributed by atoms with Crippen LogP contribution in [0.25, 0.3) is 0 Å². The molecule has 0 aromatic heterocycles. The van der Waals surface area contributed by atoms with Gasteiger partial charge in [-0.3, -0.25) is 9.59 Å². The maximum Gasteiger partial charge on any atom is 0.305 e. The van der Waals surface area contributed by atoms with Crippen LogP contribution >= 0.6 is 0 Å². The molecule has 5 heteroatoms. The minimum atomic E-state index is -0.847. The minimum absolute atomic E-state index is 0.0128. The van der Waals surface area contributed by atoms with E-state index in [-0.39, 0.29) is 29.8 Å². The second-order valence-electron chi connectivity index (χ2n) is 6.16. The van der Waals surface area contributed by atoms with Crippen molar-refractivity contribution in [3.8, 4) is 0 Å². The summed E-state index contributed by atoms with van der Waals surface area (Å²) in [7, 11) is 0. The molecule has 1 aliphatic rings. The average Bonchev–Trinajstić information content (AvgIpc) is 2.63. The first-order chi connectivity index (χ1) is 8.21. The molecule has 104 valence electrons. The summed E-state index contributed by atoms with van der Waals surface area (Å²) in [6.07, 6.45) is 1.99. The summed E-state index contributed by atoms with van der Waals surface area (Å²) in [5.74, 6) is -0.860. The summed E-state index contributed by atoms with van der Waals surface area (Å²) in [5, 5.41) is 8.82. The first kappa shape index (κ1) is 15.0. The van der Waals surface area contributed by atoms with Crippen molar-refractivity contribution in [2.24, 2.45) is 11.1 Å². The van der Waals surface area contributed by atoms with Gasteiger partial charge in [0.2, 0.25) is 5.91 Å². The van der Waals surface area contributed by atoms with E-state index in [1.165, 1.54) is 0 Å². The normalized spacial score (nSPS) is 22.0. The summed E-state index contributed by atoms with van der Waals surface area (Å²) in [6.45, 7) is 6.67. The predicted molar refractivity (Wildman–Crippen MR) is 69.0 cm³/mol. The number of carboxylic acids is 1. The lowest BCUT2D eigenvalue weighted by atomic mass is 9.85. The van der Waals surface area contributed by atoms with E-state index in [1.54, 1.807) is 4.90 Å². The highest BCUT2D eigenvalue weighted by atomic mass is 16.4. The van der Waals surface area contributed by atoms with Crippen LogP contribution in [-0.4, -0.2) is 40.5 Å². The number of hydrogen-bond acceptors (Lipinski definition) is 3. The van der Waals surface area contributed by atoms with Crippen LogP contribution in [0.3, 0.4) is 0 Å². The number of carboxylic acid groups (broad SMARTS) is 1. The summed E-state index contributed by atoms with van der Waals surface area (Å²) < 4.78 is 0. The lowest BCUT2D eigenvalue weighted by molar-refractivity contribution is -0.140. The smallest absolute Gasteiger partial charge is 0.305 e. The van der Waals surface area contributed by atoms with Crippen molar-refractivity contribution in [1.82, 2.24) is 4.90 Å². The Bertz CT molecular complexity index is 323. The van der Waals surface area contributed by atoms with Crippen LogP contribution in [0.2, 0.25) is 0 Å². The van der Waals surface area contributed by atoms with Crippen LogP contribution in [0.5, 0.6) is 0 Å². The van der Waals surface area contributed by atoms with E-state index in [2.05, 4.69) is 0 Å². The maximum atomic E-state index is 12.1. The number of amides is 1. The Morgan fingerprint density at radius 1 is 1.44 bits per heavy atom. The molecule has 1 aliphatic heterocycles. The summed E-state index contributed by atoms with van der Waals surface area (Å²) in [6, 6.07) is -0.349. The van der Waals surface area contributed by atoms with Gasteiger partial charge in [0, 0.05) is 25.0 Å². The molecule has 3 N–H and O–H groups in total. The Hall–Kier alpha value is -1.10. The zero-order valence-electron chi connectivity index (χ0n) is 11.5. The second-order valence-corrected chi connectivity index (χ2v) is 6.16. The van der Waals surface area contributed by atoms with Crippen molar-refractivity contribution in [3.05, 3.63) is 0 Å². The van der Waals surface area contributed by atoms with E-state index in [9.17, 15) is 9.59 Å². The van der Waals surface area contributed by atoms with Crippen LogP contribution in [0, 0.1) is 5.41 Å². The topological polar surface area (TPSA) is 83.6 Å². The standard InChI is InChI=1S/C13H24N2O3/c1-13(2,3)10(14)8-11(16)15-6-4-5-9(15)7-12(17)18/h9-10H,4-8,14H2,1-3H3,(H,17,18). The van der Waals surface area contributed by atoms with Gasteiger partial charge in [0.15, 0.2) is 0 Å². The Balaban J connectivity index is 2.58. The summed E-state index contributed by atoms with van der Waals surface area (Å²) >= 11 is 0. The summed E-state index contributed by atoms with van der Waals surface area (Å²) in [5.41, 5.74) is 5.89. The molecule has 0 aromatic rings. The molecule has 2 atom stereocenters. The van der Waals surface area contributed by atoms with Crippen molar-refractivity contribution < 1.29 is 14.7 Å². The van der Waals surface area contributed by atoms with E-state index in [0.717, 1.165) is 12.8 Å². The number of rotatable bonds is 4. The highest BCUT2D eigenvalue weighted by Gasteiger charge is 2.32. The lowest BCUT2D eigenvalue weighted by Gasteiger charge is -2.30. The van der Waals surface area contributed by atoms with E-state index in [1.807, 2.05) is 20.8 Å². The molecule has 0 aliphatic carbocycles. The predicted octanol–water partition coefficient (Wildman–Crippen LogP) is 1.22. The van der Waals surface area contributed by atoms with Crippen molar-refractivity contribution in [2.45, 2.75) is 58.5 Å². The molecule has 0 aromatic carbocycles. The molecule has 2 unspecified atom stereocenters. The van der Waals surface area contributed by atoms with E-state index < -0.39 is 5.97 Å². The fourth-order valence-electron chi connectivity index (χ4n) is 2.19. The Morgan fingerprint density at radius 2 is 2.06 bits per heavy atom. The number of likely N-dealkylation sites (tertiary alicyclic amines) is 1. The third-order valence-electron chi connectivity index (χ3n) is 3.61. The SMILES string of the molecule is CC(C)(C)C(N)CC(=O)N1CCCC1CC(=O)O. The Morgan fingerprint density at radius 3 is 2.56 bits per heavy atom. The average molecular weight is 256 g/mol. The number of hydrogen-bond donors (Lipinski definition) is 2. The van der Waals surface area contributed by atoms with Crippen molar-refractivity contribution in [3.63, 3.8) is 0 Å². The van der Waals surface area contributed by atoms with Gasteiger partial charge in [-0.05, 0) is 18.3 Å². The molecule has 0 radical (unpaired) electrons. The van der Waals surface area contributed by atoms with Gasteiger partial charge in [-0.1, -0.05) is 20.8 Å². The molecular formula is C13H24N2O3. The van der Waals surface area contributed by atoms with Crippen LogP contribution in [0.4, 0.5) is 0 Å². The molecule has 1 fully saturated rings. The molecule has 1 heterocycles. The van der Waals surface area contributed by atoms with Crippen LogP contribution in [0.1, 0.15) is 46.5 Å². The number of aliphatic carboxylic acids is 1. The van der Waals surface area contributed by atoms with Gasteiger partial charge in [0.05, 0.1) is 6.42 Å². The fourth-order valence-corrected chi connectivity index (χ4v) is 2.19. The largest absolute Gasteiger partial charge is 0.481 e. The van der Waals surface area contributed by atoms with Crippen molar-refractivity contribution >= 4 is 11.9 Å². The molecule has 0 spiro atoms. The zero-order valence-corrected chi connectivity index (χ0v) is 11.5. The number of carbonyl (C=O) groups is 2. The second kappa shape index (κ2) is 5.69. The minimum Gasteiger partial charge on any atom is -0.481 e. The Labute approximate surface area is 108 Å². The van der Waals surface area contributed by atoms with E-state index >= 15 is 0 Å². The highest BCUT2D eigenvalue weighted by Crippen LogP contribution is 2.24. The third-order valence-corrected chi connectivity index (χ3v) is 3.61. The van der Waals surface area contributed by atoms with E-state index in [4.69, 9.17) is 10.8 Å². The molecular weight excluding hydrogens is 232 g/mol. The maximum absolute atomic E-state index is 12.1. The van der Waals surface area contributed by atoms with Crippen molar-refractivity contribution in [2.75, 3.05) is 6.54 Å². The molecule has 1 rings (SSSR count). The zero-order chi connectivity index (χ0) is 13.9.